The molecule has 4 aromatic rings. The number of benzene rings is 1. The van der Waals surface area contributed by atoms with Crippen LogP contribution in [0, 0.1) is 6.92 Å². The largest absolute Gasteiger partial charge is 0.310 e. The number of rotatable bonds is 7. The first-order valence-corrected chi connectivity index (χ1v) is 12.6. The molecule has 1 N–H and O–H groups in total. The molecular weight excluding hydrogens is 470 g/mol. The van der Waals surface area contributed by atoms with Gasteiger partial charge in [0.2, 0.25) is 5.91 Å². The van der Waals surface area contributed by atoms with Crippen LogP contribution in [0.2, 0.25) is 5.02 Å². The average molecular weight is 494 g/mol. The Morgan fingerprint density at radius 1 is 1.12 bits per heavy atom. The molecule has 5 rings (SSSR count). The smallest absolute Gasteiger partial charge is 0.235 e. The molecule has 0 spiro atoms. The molecule has 174 valence electrons. The van der Waals surface area contributed by atoms with Crippen molar-refractivity contribution in [2.45, 2.75) is 43.8 Å². The molecule has 0 aliphatic heterocycles. The van der Waals surface area contributed by atoms with E-state index < -0.39 is 0 Å². The zero-order chi connectivity index (χ0) is 23.5. The van der Waals surface area contributed by atoms with E-state index in [0.29, 0.717) is 22.0 Å². The molecule has 3 aromatic heterocycles. The third-order valence-corrected chi connectivity index (χ3v) is 7.33. The molecule has 3 heterocycles. The molecular formula is C24H24ClN7OS. The fourth-order valence-corrected chi connectivity index (χ4v) is 5.18. The summed E-state index contributed by atoms with van der Waals surface area (Å²) in [5.41, 5.74) is 2.65. The minimum atomic E-state index is -0.118. The number of halogens is 1. The highest BCUT2D eigenvalue weighted by Gasteiger charge is 2.22. The highest BCUT2D eigenvalue weighted by atomic mass is 35.5. The summed E-state index contributed by atoms with van der Waals surface area (Å²) in [6.45, 7) is 1.96. The first-order valence-electron chi connectivity index (χ1n) is 11.2. The fourth-order valence-electron chi connectivity index (χ4n) is 4.27. The first-order chi connectivity index (χ1) is 16.6. The highest BCUT2D eigenvalue weighted by Crippen LogP contribution is 2.33. The monoisotopic (exact) mass is 493 g/mol. The van der Waals surface area contributed by atoms with Crippen molar-refractivity contribution >= 4 is 35.1 Å². The molecule has 1 aliphatic carbocycles. The average Bonchev–Trinajstić information content (AvgIpc) is 3.61. The molecule has 1 aliphatic rings. The van der Waals surface area contributed by atoms with Crippen molar-refractivity contribution in [2.75, 3.05) is 11.1 Å². The molecule has 10 heteroatoms. The summed E-state index contributed by atoms with van der Waals surface area (Å²) in [6, 6.07) is 11.7. The molecule has 0 radical (unpaired) electrons. The van der Waals surface area contributed by atoms with Crippen LogP contribution >= 0.6 is 23.4 Å². The van der Waals surface area contributed by atoms with Crippen LogP contribution in [-0.2, 0) is 4.79 Å². The Labute approximate surface area is 206 Å². The molecule has 0 bridgehead atoms. The second-order valence-electron chi connectivity index (χ2n) is 8.20. The molecule has 1 amide bonds. The molecule has 1 fully saturated rings. The lowest BCUT2D eigenvalue weighted by Gasteiger charge is -2.15. The first kappa shape index (κ1) is 22.6. The van der Waals surface area contributed by atoms with Crippen molar-refractivity contribution in [1.29, 1.82) is 0 Å². The second kappa shape index (κ2) is 9.99. The lowest BCUT2D eigenvalue weighted by Crippen LogP contribution is -2.19. The number of carbonyl (C=O) groups is 1. The van der Waals surface area contributed by atoms with Crippen LogP contribution in [0.1, 0.15) is 37.3 Å². The van der Waals surface area contributed by atoms with Crippen molar-refractivity contribution < 1.29 is 4.79 Å². The third-order valence-electron chi connectivity index (χ3n) is 5.99. The molecule has 1 aromatic carbocycles. The van der Waals surface area contributed by atoms with Gasteiger partial charge in [-0.25, -0.2) is 4.68 Å². The zero-order valence-electron chi connectivity index (χ0n) is 18.7. The third kappa shape index (κ3) is 4.58. The van der Waals surface area contributed by atoms with E-state index in [0.717, 1.165) is 35.5 Å². The van der Waals surface area contributed by atoms with Gasteiger partial charge in [0.1, 0.15) is 5.82 Å². The number of hydrogen-bond acceptors (Lipinski definition) is 6. The van der Waals surface area contributed by atoms with Gasteiger partial charge in [0, 0.05) is 29.0 Å². The Balaban J connectivity index is 1.39. The van der Waals surface area contributed by atoms with E-state index >= 15 is 0 Å². The number of nitrogens with zero attached hydrogens (tertiary/aromatic N) is 6. The lowest BCUT2D eigenvalue weighted by molar-refractivity contribution is -0.113. The summed E-state index contributed by atoms with van der Waals surface area (Å²) < 4.78 is 3.88. The number of aromatic nitrogens is 6. The quantitative estimate of drug-likeness (QED) is 0.350. The van der Waals surface area contributed by atoms with Crippen LogP contribution in [0.4, 0.5) is 5.82 Å². The number of carbonyl (C=O) groups excluding carboxylic acids is 1. The Bertz CT molecular complexity index is 1300. The predicted molar refractivity (Wildman–Crippen MR) is 133 cm³/mol. The highest BCUT2D eigenvalue weighted by molar-refractivity contribution is 7.99. The summed E-state index contributed by atoms with van der Waals surface area (Å²) in [5, 5.41) is 17.5. The van der Waals surface area contributed by atoms with Crippen molar-refractivity contribution in [2.24, 2.45) is 0 Å². The maximum atomic E-state index is 12.8. The van der Waals surface area contributed by atoms with Crippen LogP contribution in [0.15, 0.2) is 60.1 Å². The van der Waals surface area contributed by atoms with Gasteiger partial charge in [0.15, 0.2) is 11.0 Å². The van der Waals surface area contributed by atoms with Crippen LogP contribution in [-0.4, -0.2) is 41.2 Å². The summed E-state index contributed by atoms with van der Waals surface area (Å²) in [7, 11) is 0. The SMILES string of the molecule is Cc1c(Cl)cccc1-n1c(SCC(=O)Nc2ccnn2C2CCCC2)nnc1-c1ccncc1. The molecule has 34 heavy (non-hydrogen) atoms. The van der Waals surface area contributed by atoms with Crippen molar-refractivity contribution in [3.63, 3.8) is 0 Å². The van der Waals surface area contributed by atoms with Gasteiger partial charge in [-0.3, -0.25) is 14.3 Å². The van der Waals surface area contributed by atoms with E-state index in [-0.39, 0.29) is 11.7 Å². The fraction of sp³-hybridized carbons (Fsp3) is 0.292. The minimum absolute atomic E-state index is 0.118. The maximum absolute atomic E-state index is 12.8. The Morgan fingerprint density at radius 2 is 1.91 bits per heavy atom. The summed E-state index contributed by atoms with van der Waals surface area (Å²) >= 11 is 7.74. The van der Waals surface area contributed by atoms with E-state index in [9.17, 15) is 4.79 Å². The Morgan fingerprint density at radius 3 is 2.71 bits per heavy atom. The molecule has 0 saturated heterocycles. The van der Waals surface area contributed by atoms with Gasteiger partial charge in [0.25, 0.3) is 0 Å². The van der Waals surface area contributed by atoms with E-state index in [1.165, 1.54) is 24.6 Å². The van der Waals surface area contributed by atoms with Crippen LogP contribution in [0.25, 0.3) is 17.1 Å². The topological polar surface area (TPSA) is 90.5 Å². The Hall–Kier alpha value is -3.17. The summed E-state index contributed by atoms with van der Waals surface area (Å²) in [6.07, 6.45) is 9.76. The van der Waals surface area contributed by atoms with Crippen LogP contribution in [0.5, 0.6) is 0 Å². The van der Waals surface area contributed by atoms with Crippen LogP contribution in [0.3, 0.4) is 0 Å². The molecule has 0 unspecified atom stereocenters. The van der Waals surface area contributed by atoms with Crippen molar-refractivity contribution in [1.82, 2.24) is 29.5 Å². The molecule has 0 atom stereocenters. The zero-order valence-corrected chi connectivity index (χ0v) is 20.3. The minimum Gasteiger partial charge on any atom is -0.310 e. The molecule has 1 saturated carbocycles. The number of hydrogen-bond donors (Lipinski definition) is 1. The lowest BCUT2D eigenvalue weighted by atomic mass is 10.2. The van der Waals surface area contributed by atoms with Gasteiger partial charge in [-0.15, -0.1) is 10.2 Å². The summed E-state index contributed by atoms with van der Waals surface area (Å²) in [4.78, 5) is 16.9. The normalized spacial score (nSPS) is 13.9. The molecule has 8 nitrogen and oxygen atoms in total. The van der Waals surface area contributed by atoms with Crippen molar-refractivity contribution in [3.8, 4) is 17.1 Å². The van der Waals surface area contributed by atoms with E-state index in [1.807, 2.05) is 52.6 Å². The van der Waals surface area contributed by atoms with Gasteiger partial charge in [0.05, 0.1) is 23.7 Å². The van der Waals surface area contributed by atoms with Gasteiger partial charge >= 0.3 is 0 Å². The van der Waals surface area contributed by atoms with Crippen molar-refractivity contribution in [3.05, 3.63) is 65.6 Å². The number of pyridine rings is 1. The standard InChI is InChI=1S/C24H24ClN7OS/c1-16-19(25)7-4-8-20(16)31-23(17-9-12-26-13-10-17)29-30-24(31)34-15-22(33)28-21-11-14-27-32(21)18-5-2-3-6-18/h4,7-14,18H,2-3,5-6,15H2,1H3,(H,28,33). The van der Waals surface area contributed by atoms with E-state index in [2.05, 4.69) is 25.6 Å². The van der Waals surface area contributed by atoms with Gasteiger partial charge < -0.3 is 5.32 Å². The predicted octanol–water partition coefficient (Wildman–Crippen LogP) is 5.33. The van der Waals surface area contributed by atoms with Crippen LogP contribution < -0.4 is 5.32 Å². The van der Waals surface area contributed by atoms with E-state index in [1.54, 1.807) is 18.6 Å². The summed E-state index contributed by atoms with van der Waals surface area (Å²) in [5.74, 6) is 1.47. The van der Waals surface area contributed by atoms with E-state index in [4.69, 9.17) is 11.6 Å². The number of amides is 1. The number of thioether (sulfide) groups is 1. The number of nitrogens with one attached hydrogen (secondary N) is 1. The second-order valence-corrected chi connectivity index (χ2v) is 9.55. The Kier molecular flexibility index (Phi) is 6.64. The van der Waals surface area contributed by atoms with Gasteiger partial charge in [-0.05, 0) is 49.6 Å². The van der Waals surface area contributed by atoms with Gasteiger partial charge in [-0.1, -0.05) is 42.3 Å². The maximum Gasteiger partial charge on any atom is 0.235 e. The number of anilines is 1. The van der Waals surface area contributed by atoms with Gasteiger partial charge in [-0.2, -0.15) is 5.10 Å².